The van der Waals surface area contributed by atoms with Gasteiger partial charge in [0.2, 0.25) is 5.91 Å². The molecule has 15 N–H and O–H groups in total. The summed E-state index contributed by atoms with van der Waals surface area (Å²) in [5.41, 5.74) is 14.6. The Kier molecular flexibility index (Phi) is 16.4. The zero-order chi connectivity index (χ0) is 43.8. The molecule has 2 aromatic carbocycles. The number of amides is 3. The van der Waals surface area contributed by atoms with E-state index in [0.717, 1.165) is 11.1 Å². The lowest BCUT2D eigenvalue weighted by Crippen LogP contribution is -2.69. The summed E-state index contributed by atoms with van der Waals surface area (Å²) in [6.07, 6.45) is -18.7. The zero-order valence-corrected chi connectivity index (χ0v) is 32.6. The van der Waals surface area contributed by atoms with Gasteiger partial charge < -0.3 is 87.2 Å². The number of carbonyl (C=O) groups excluding carboxylic acids is 3. The standard InChI is InChI=1S/C40H55N5O15/c1-3-18-5-9-20(10-6-18)36(54)43-14-13-24(47)38(56)45-23-15-22(41)34(33(53)35(23)60-39-30(50)27(42)28(48)26(17-46)58-39)59-40-32(52)31(51)29(49)25(57-40)16-44-37(55)21-11-7-19(4-2)8-12-21/h3-12,22-35,39-40,46-53H,1-2,13-17,41-42H2,(H,43,54)(H,44,55)(H,45,56)/t22-,23+,24-,25+,26+,27-,28+,29+,30+,31-,32+,33-,34+,35-,39+,40+/m0/s1. The van der Waals surface area contributed by atoms with Crippen LogP contribution >= 0.6 is 0 Å². The first kappa shape index (κ1) is 46.8. The molecule has 5 rings (SSSR count). The Bertz CT molecular complexity index is 1770. The van der Waals surface area contributed by atoms with Crippen LogP contribution in [0.2, 0.25) is 0 Å². The third-order valence-corrected chi connectivity index (χ3v) is 10.8. The molecule has 2 aromatic rings. The highest BCUT2D eigenvalue weighted by atomic mass is 16.7. The summed E-state index contributed by atoms with van der Waals surface area (Å²) < 4.78 is 23.3. The quantitative estimate of drug-likeness (QED) is 0.0762. The van der Waals surface area contributed by atoms with Crippen LogP contribution in [0.1, 0.15) is 44.7 Å². The molecule has 3 fully saturated rings. The predicted molar refractivity (Wildman–Crippen MR) is 211 cm³/mol. The maximum Gasteiger partial charge on any atom is 0.251 e. The van der Waals surface area contributed by atoms with Gasteiger partial charge in [0.15, 0.2) is 12.6 Å². The molecule has 2 aliphatic heterocycles. The van der Waals surface area contributed by atoms with Crippen molar-refractivity contribution in [2.24, 2.45) is 11.5 Å². The third-order valence-electron chi connectivity index (χ3n) is 10.8. The molecule has 20 nitrogen and oxygen atoms in total. The number of hydrogen-bond acceptors (Lipinski definition) is 17. The number of aliphatic hydroxyl groups excluding tert-OH is 8. The third kappa shape index (κ3) is 11.0. The molecule has 60 heavy (non-hydrogen) atoms. The lowest BCUT2D eigenvalue weighted by molar-refractivity contribution is -0.333. The summed E-state index contributed by atoms with van der Waals surface area (Å²) >= 11 is 0. The van der Waals surface area contributed by atoms with Gasteiger partial charge in [-0.25, -0.2) is 0 Å². The first-order valence-electron chi connectivity index (χ1n) is 19.4. The molecule has 16 atom stereocenters. The van der Waals surface area contributed by atoms with E-state index in [9.17, 15) is 55.2 Å². The van der Waals surface area contributed by atoms with Gasteiger partial charge in [0, 0.05) is 30.3 Å². The van der Waals surface area contributed by atoms with Crippen molar-refractivity contribution < 1.29 is 74.2 Å². The fourth-order valence-corrected chi connectivity index (χ4v) is 7.14. The minimum Gasteiger partial charge on any atom is -0.394 e. The smallest absolute Gasteiger partial charge is 0.251 e. The van der Waals surface area contributed by atoms with Gasteiger partial charge in [-0.3, -0.25) is 14.4 Å². The normalized spacial score (nSPS) is 34.8. The molecule has 20 heteroatoms. The maximum atomic E-state index is 13.3. The van der Waals surface area contributed by atoms with Crippen molar-refractivity contribution in [3.05, 3.63) is 83.9 Å². The van der Waals surface area contributed by atoms with Crippen LogP contribution in [0.25, 0.3) is 12.2 Å². The molecule has 0 spiro atoms. The molecule has 3 aliphatic rings. The molecule has 1 saturated carbocycles. The van der Waals surface area contributed by atoms with E-state index in [1.165, 1.54) is 0 Å². The molecule has 2 heterocycles. The van der Waals surface area contributed by atoms with Gasteiger partial charge in [0.05, 0.1) is 18.7 Å². The van der Waals surface area contributed by atoms with E-state index in [1.807, 2.05) is 0 Å². The van der Waals surface area contributed by atoms with Crippen molar-refractivity contribution in [1.29, 1.82) is 0 Å². The van der Waals surface area contributed by atoms with Crippen LogP contribution in [0.3, 0.4) is 0 Å². The van der Waals surface area contributed by atoms with E-state index in [0.29, 0.717) is 5.56 Å². The molecular formula is C40H55N5O15. The first-order valence-corrected chi connectivity index (χ1v) is 19.4. The summed E-state index contributed by atoms with van der Waals surface area (Å²) in [5.74, 6) is -1.94. The Morgan fingerprint density at radius 1 is 0.733 bits per heavy atom. The second-order valence-electron chi connectivity index (χ2n) is 14.9. The highest BCUT2D eigenvalue weighted by Gasteiger charge is 2.53. The van der Waals surface area contributed by atoms with Gasteiger partial charge in [-0.15, -0.1) is 0 Å². The van der Waals surface area contributed by atoms with Crippen molar-refractivity contribution in [2.45, 2.75) is 111 Å². The topological polar surface area (TPSA) is 338 Å². The fraction of sp³-hybridized carbons (Fsp3) is 0.525. The Labute approximate surface area is 345 Å². The number of aliphatic hydroxyl groups is 8. The van der Waals surface area contributed by atoms with Crippen molar-refractivity contribution in [3.63, 3.8) is 0 Å². The second kappa shape index (κ2) is 21.0. The first-order chi connectivity index (χ1) is 28.6. The van der Waals surface area contributed by atoms with Crippen LogP contribution in [0, 0.1) is 0 Å². The summed E-state index contributed by atoms with van der Waals surface area (Å²) in [6, 6.07) is 9.21. The van der Waals surface area contributed by atoms with E-state index in [2.05, 4.69) is 29.1 Å². The van der Waals surface area contributed by atoms with Gasteiger partial charge in [-0.2, -0.15) is 0 Å². The summed E-state index contributed by atoms with van der Waals surface area (Å²) in [6.45, 7) is 6.14. The molecular weight excluding hydrogens is 790 g/mol. The fourth-order valence-electron chi connectivity index (χ4n) is 7.14. The number of rotatable bonds is 16. The van der Waals surface area contributed by atoms with Crippen LogP contribution in [-0.4, -0.2) is 176 Å². The number of nitrogens with two attached hydrogens (primary N) is 2. The van der Waals surface area contributed by atoms with Crippen LogP contribution in [0.5, 0.6) is 0 Å². The molecule has 0 unspecified atom stereocenters. The molecule has 330 valence electrons. The average Bonchev–Trinajstić information content (AvgIpc) is 3.25. The largest absolute Gasteiger partial charge is 0.394 e. The Morgan fingerprint density at radius 2 is 1.27 bits per heavy atom. The van der Waals surface area contributed by atoms with E-state index in [-0.39, 0.29) is 31.5 Å². The van der Waals surface area contributed by atoms with Crippen LogP contribution < -0.4 is 27.4 Å². The van der Waals surface area contributed by atoms with Crippen molar-refractivity contribution in [2.75, 3.05) is 19.7 Å². The Balaban J connectivity index is 1.28. The second-order valence-corrected chi connectivity index (χ2v) is 14.9. The lowest BCUT2D eigenvalue weighted by atomic mass is 9.83. The SMILES string of the molecule is C=Cc1ccc(C(=O)NCC[C@H](O)C(=O)N[C@@H]2C[C@H](N)[C@@H](O[C@H]3O[C@H](CNC(=O)c4ccc(C=C)cc4)[C@@H](O)[C@H](O)[C@H]3O)[C@H](O)[C@H]2O[C@H]2O[C@H](CO)[C@@H](O)[C@H](N)[C@H]2O)cc1. The van der Waals surface area contributed by atoms with E-state index >= 15 is 0 Å². The van der Waals surface area contributed by atoms with Gasteiger partial charge in [-0.05, 0) is 48.2 Å². The molecule has 0 bridgehead atoms. The van der Waals surface area contributed by atoms with Crippen LogP contribution in [0.15, 0.2) is 61.7 Å². The molecule has 0 radical (unpaired) electrons. The number of nitrogens with one attached hydrogen (secondary N) is 3. The minimum absolute atomic E-state index is 0.109. The van der Waals surface area contributed by atoms with Crippen LogP contribution in [-0.2, 0) is 23.7 Å². The lowest BCUT2D eigenvalue weighted by Gasteiger charge is -2.49. The monoisotopic (exact) mass is 845 g/mol. The van der Waals surface area contributed by atoms with Gasteiger partial charge in [0.1, 0.15) is 67.1 Å². The summed E-state index contributed by atoms with van der Waals surface area (Å²) in [7, 11) is 0. The number of ether oxygens (including phenoxy) is 4. The molecule has 0 aromatic heterocycles. The zero-order valence-electron chi connectivity index (χ0n) is 32.6. The summed E-state index contributed by atoms with van der Waals surface area (Å²) in [4.78, 5) is 38.7. The Morgan fingerprint density at radius 3 is 1.83 bits per heavy atom. The van der Waals surface area contributed by atoms with Crippen molar-refractivity contribution in [3.8, 4) is 0 Å². The number of hydrogen-bond donors (Lipinski definition) is 13. The predicted octanol–water partition coefficient (Wildman–Crippen LogP) is -4.20. The van der Waals surface area contributed by atoms with E-state index in [4.69, 9.17) is 30.4 Å². The van der Waals surface area contributed by atoms with Gasteiger partial charge in [-0.1, -0.05) is 49.6 Å². The van der Waals surface area contributed by atoms with E-state index in [1.54, 1.807) is 60.7 Å². The summed E-state index contributed by atoms with van der Waals surface area (Å²) in [5, 5.41) is 93.7. The van der Waals surface area contributed by atoms with E-state index < -0.39 is 122 Å². The number of benzene rings is 2. The number of carbonyl (C=O) groups is 3. The molecule has 2 saturated heterocycles. The molecule has 1 aliphatic carbocycles. The van der Waals surface area contributed by atoms with Crippen molar-refractivity contribution >= 4 is 29.9 Å². The Hall–Kier alpha value is -4.23. The highest BCUT2D eigenvalue weighted by Crippen LogP contribution is 2.32. The molecule has 3 amide bonds. The highest BCUT2D eigenvalue weighted by molar-refractivity contribution is 5.95. The average molecular weight is 846 g/mol. The van der Waals surface area contributed by atoms with Crippen molar-refractivity contribution in [1.82, 2.24) is 16.0 Å². The van der Waals surface area contributed by atoms with Gasteiger partial charge in [0.25, 0.3) is 11.8 Å². The van der Waals surface area contributed by atoms with Gasteiger partial charge >= 0.3 is 0 Å². The van der Waals surface area contributed by atoms with Crippen LogP contribution in [0.4, 0.5) is 0 Å². The maximum absolute atomic E-state index is 13.3. The minimum atomic E-state index is -1.90.